The summed E-state index contributed by atoms with van der Waals surface area (Å²) in [7, 11) is 0. The summed E-state index contributed by atoms with van der Waals surface area (Å²) in [4.78, 5) is 42.5. The summed E-state index contributed by atoms with van der Waals surface area (Å²) in [5.41, 5.74) is 0.433. The second kappa shape index (κ2) is 6.33. The molecule has 0 atom stereocenters. The molecular formula is C18H22N6O3. The number of fused-ring (bicyclic) bond motifs is 1. The van der Waals surface area contributed by atoms with Gasteiger partial charge in [-0.25, -0.2) is 14.5 Å². The number of nitrogens with one attached hydrogen (secondary N) is 2. The number of pyridine rings is 1. The average Bonchev–Trinajstić information content (AvgIpc) is 3.30. The third kappa shape index (κ3) is 2.92. The molecule has 3 heterocycles. The van der Waals surface area contributed by atoms with Crippen molar-refractivity contribution >= 4 is 34.6 Å². The molecule has 4 amide bonds. The van der Waals surface area contributed by atoms with E-state index in [1.807, 2.05) is 13.8 Å². The highest BCUT2D eigenvalue weighted by Gasteiger charge is 2.52. The lowest BCUT2D eigenvalue weighted by Gasteiger charge is -2.19. The number of carbonyl (C=O) groups is 3. The predicted molar refractivity (Wildman–Crippen MR) is 98.0 cm³/mol. The van der Waals surface area contributed by atoms with Crippen LogP contribution in [0.1, 0.15) is 45.6 Å². The monoisotopic (exact) mass is 370 g/mol. The lowest BCUT2D eigenvalue weighted by molar-refractivity contribution is -0.133. The van der Waals surface area contributed by atoms with Crippen LogP contribution in [0.15, 0.2) is 18.5 Å². The van der Waals surface area contributed by atoms with Gasteiger partial charge in [-0.3, -0.25) is 14.5 Å². The van der Waals surface area contributed by atoms with Crippen LogP contribution in [0.5, 0.6) is 0 Å². The lowest BCUT2D eigenvalue weighted by atomic mass is 9.98. The summed E-state index contributed by atoms with van der Waals surface area (Å²) in [5.74, 6) is -0.738. The molecule has 1 saturated carbocycles. The highest BCUT2D eigenvalue weighted by molar-refractivity contribution is 6.10. The van der Waals surface area contributed by atoms with Gasteiger partial charge in [-0.2, -0.15) is 5.10 Å². The molecule has 1 saturated heterocycles. The van der Waals surface area contributed by atoms with E-state index >= 15 is 0 Å². The average molecular weight is 370 g/mol. The van der Waals surface area contributed by atoms with E-state index in [4.69, 9.17) is 0 Å². The van der Waals surface area contributed by atoms with Crippen LogP contribution < -0.4 is 10.6 Å². The van der Waals surface area contributed by atoms with Gasteiger partial charge in [0, 0.05) is 11.4 Å². The molecule has 2 aromatic rings. The number of amides is 4. The Labute approximate surface area is 156 Å². The van der Waals surface area contributed by atoms with Crippen molar-refractivity contribution in [2.45, 2.75) is 51.1 Å². The Morgan fingerprint density at radius 1 is 1.30 bits per heavy atom. The zero-order chi connectivity index (χ0) is 19.2. The normalized spacial score (nSPS) is 18.7. The molecule has 2 fully saturated rings. The molecule has 2 aromatic heterocycles. The van der Waals surface area contributed by atoms with Crippen LogP contribution >= 0.6 is 0 Å². The Morgan fingerprint density at radius 2 is 2.04 bits per heavy atom. The third-order valence-electron chi connectivity index (χ3n) is 5.21. The second-order valence-electron chi connectivity index (χ2n) is 7.48. The molecule has 0 bridgehead atoms. The quantitative estimate of drug-likeness (QED) is 0.798. The van der Waals surface area contributed by atoms with Crippen LogP contribution in [-0.4, -0.2) is 49.6 Å². The lowest BCUT2D eigenvalue weighted by Crippen LogP contribution is -2.44. The van der Waals surface area contributed by atoms with Crippen LogP contribution in [0.2, 0.25) is 0 Å². The molecule has 0 aromatic carbocycles. The van der Waals surface area contributed by atoms with Crippen molar-refractivity contribution in [3.8, 4) is 0 Å². The minimum absolute atomic E-state index is 0.179. The van der Waals surface area contributed by atoms with Crippen molar-refractivity contribution < 1.29 is 14.4 Å². The highest BCUT2D eigenvalue weighted by Crippen LogP contribution is 2.34. The maximum Gasteiger partial charge on any atom is 0.325 e. The number of anilines is 1. The fourth-order valence-electron chi connectivity index (χ4n) is 3.87. The topological polar surface area (TPSA) is 109 Å². The molecule has 2 aliphatic rings. The molecule has 1 spiro atoms. The van der Waals surface area contributed by atoms with Crippen molar-refractivity contribution in [1.82, 2.24) is 25.0 Å². The number of rotatable bonds is 4. The van der Waals surface area contributed by atoms with Crippen LogP contribution in [0.4, 0.5) is 10.5 Å². The first-order chi connectivity index (χ1) is 12.9. The summed E-state index contributed by atoms with van der Waals surface area (Å²) in [5, 5.41) is 10.6. The fraction of sp³-hybridized carbons (Fsp3) is 0.500. The number of urea groups is 1. The molecule has 4 rings (SSSR count). The first-order valence-electron chi connectivity index (χ1n) is 9.17. The summed E-state index contributed by atoms with van der Waals surface area (Å²) in [6.07, 6.45) is 6.32. The molecule has 9 heteroatoms. The number of aromatic nitrogens is 3. The molecule has 0 radical (unpaired) electrons. The van der Waals surface area contributed by atoms with Gasteiger partial charge in [0.15, 0.2) is 5.65 Å². The van der Waals surface area contributed by atoms with Crippen LogP contribution in [0, 0.1) is 0 Å². The van der Waals surface area contributed by atoms with Gasteiger partial charge in [0.05, 0.1) is 18.1 Å². The zero-order valence-electron chi connectivity index (χ0n) is 15.4. The summed E-state index contributed by atoms with van der Waals surface area (Å²) in [6.45, 7) is 3.72. The fourth-order valence-corrected chi connectivity index (χ4v) is 3.87. The van der Waals surface area contributed by atoms with Gasteiger partial charge in [0.25, 0.3) is 5.91 Å². The molecule has 0 unspecified atom stereocenters. The molecular weight excluding hydrogens is 348 g/mol. The summed E-state index contributed by atoms with van der Waals surface area (Å²) in [6, 6.07) is 1.46. The van der Waals surface area contributed by atoms with Crippen molar-refractivity contribution in [2.24, 2.45) is 0 Å². The van der Waals surface area contributed by atoms with Crippen molar-refractivity contribution in [3.05, 3.63) is 18.5 Å². The van der Waals surface area contributed by atoms with Crippen LogP contribution in [-0.2, 0) is 9.59 Å². The molecule has 142 valence electrons. The number of hydrogen-bond donors (Lipinski definition) is 2. The third-order valence-corrected chi connectivity index (χ3v) is 5.21. The minimum Gasteiger partial charge on any atom is -0.323 e. The smallest absolute Gasteiger partial charge is 0.323 e. The van der Waals surface area contributed by atoms with Gasteiger partial charge in [-0.1, -0.05) is 12.8 Å². The maximum absolute atomic E-state index is 12.6. The predicted octanol–water partition coefficient (Wildman–Crippen LogP) is 1.82. The Bertz CT molecular complexity index is 928. The SMILES string of the molecule is CC(C)n1ncc2cc(NC(=O)CN3C(=O)NC4(CCCC4)C3=O)cnc21. The van der Waals surface area contributed by atoms with E-state index in [1.165, 1.54) is 0 Å². The number of nitrogens with zero attached hydrogens (tertiary/aromatic N) is 4. The van der Waals surface area contributed by atoms with Gasteiger partial charge in [-0.05, 0) is 32.8 Å². The summed E-state index contributed by atoms with van der Waals surface area (Å²) >= 11 is 0. The van der Waals surface area contributed by atoms with E-state index in [-0.39, 0.29) is 18.5 Å². The van der Waals surface area contributed by atoms with Crippen molar-refractivity contribution in [2.75, 3.05) is 11.9 Å². The van der Waals surface area contributed by atoms with Gasteiger partial charge in [0.1, 0.15) is 12.1 Å². The van der Waals surface area contributed by atoms with Gasteiger partial charge in [-0.15, -0.1) is 0 Å². The van der Waals surface area contributed by atoms with E-state index in [0.717, 1.165) is 28.8 Å². The summed E-state index contributed by atoms with van der Waals surface area (Å²) < 4.78 is 1.80. The van der Waals surface area contributed by atoms with Crippen LogP contribution in [0.25, 0.3) is 11.0 Å². The first-order valence-corrected chi connectivity index (χ1v) is 9.17. The number of imide groups is 1. The minimum atomic E-state index is -0.802. The Kier molecular flexibility index (Phi) is 4.09. The Morgan fingerprint density at radius 3 is 2.74 bits per heavy atom. The van der Waals surface area contributed by atoms with Crippen molar-refractivity contribution in [1.29, 1.82) is 0 Å². The molecule has 2 N–H and O–H groups in total. The van der Waals surface area contributed by atoms with E-state index in [1.54, 1.807) is 23.1 Å². The standard InChI is InChI=1S/C18H22N6O3/c1-11(2)24-15-12(8-20-24)7-13(9-19-15)21-14(25)10-23-16(26)18(22-17(23)27)5-3-4-6-18/h7-9,11H,3-6,10H2,1-2H3,(H,21,25)(H,22,27). The molecule has 27 heavy (non-hydrogen) atoms. The van der Waals surface area contributed by atoms with Crippen LogP contribution in [0.3, 0.4) is 0 Å². The Balaban J connectivity index is 1.46. The second-order valence-corrected chi connectivity index (χ2v) is 7.48. The van der Waals surface area contributed by atoms with E-state index < -0.39 is 17.5 Å². The number of carbonyl (C=O) groups excluding carboxylic acids is 3. The van der Waals surface area contributed by atoms with Gasteiger partial charge in [0.2, 0.25) is 5.91 Å². The van der Waals surface area contributed by atoms with E-state index in [2.05, 4.69) is 20.7 Å². The molecule has 1 aliphatic carbocycles. The molecule has 9 nitrogen and oxygen atoms in total. The zero-order valence-corrected chi connectivity index (χ0v) is 15.4. The largest absolute Gasteiger partial charge is 0.325 e. The van der Waals surface area contributed by atoms with E-state index in [9.17, 15) is 14.4 Å². The highest BCUT2D eigenvalue weighted by atomic mass is 16.2. The van der Waals surface area contributed by atoms with E-state index in [0.29, 0.717) is 18.5 Å². The van der Waals surface area contributed by atoms with Crippen molar-refractivity contribution in [3.63, 3.8) is 0 Å². The van der Waals surface area contributed by atoms with Gasteiger partial charge < -0.3 is 10.6 Å². The molecule has 1 aliphatic heterocycles. The number of hydrogen-bond acceptors (Lipinski definition) is 5. The first kappa shape index (κ1) is 17.4. The maximum atomic E-state index is 12.6. The Hall–Kier alpha value is -2.97. The van der Waals surface area contributed by atoms with Gasteiger partial charge >= 0.3 is 6.03 Å².